The van der Waals surface area contributed by atoms with Crippen LogP contribution in [0.4, 0.5) is 0 Å². The van der Waals surface area contributed by atoms with Crippen LogP contribution in [0, 0.1) is 5.92 Å². The molecule has 0 atom stereocenters. The number of piperidine rings is 1. The molecule has 0 aromatic heterocycles. The van der Waals surface area contributed by atoms with Crippen molar-refractivity contribution in [3.63, 3.8) is 0 Å². The SMILES string of the molecule is CC(C)C(=O)N1CCC(NC2CCC(N)CC2)CC1. The number of likely N-dealkylation sites (tertiary alicyclic amines) is 1. The predicted octanol–water partition coefficient (Wildman–Crippen LogP) is 1.49. The normalized spacial score (nSPS) is 29.8. The van der Waals surface area contributed by atoms with Crippen molar-refractivity contribution in [3.8, 4) is 0 Å². The van der Waals surface area contributed by atoms with Gasteiger partial charge in [0.15, 0.2) is 0 Å². The number of nitrogens with zero attached hydrogens (tertiary/aromatic N) is 1. The summed E-state index contributed by atoms with van der Waals surface area (Å²) in [6, 6.07) is 1.66. The third kappa shape index (κ3) is 4.18. The Kier molecular flexibility index (Phi) is 5.22. The lowest BCUT2D eigenvalue weighted by molar-refractivity contribution is -0.135. The van der Waals surface area contributed by atoms with E-state index >= 15 is 0 Å². The highest BCUT2D eigenvalue weighted by atomic mass is 16.2. The average molecular weight is 267 g/mol. The van der Waals surface area contributed by atoms with Gasteiger partial charge in [0.25, 0.3) is 0 Å². The van der Waals surface area contributed by atoms with Crippen molar-refractivity contribution in [1.82, 2.24) is 10.2 Å². The third-order valence-electron chi connectivity index (χ3n) is 4.54. The topological polar surface area (TPSA) is 58.4 Å². The number of amides is 1. The molecule has 1 aliphatic heterocycles. The highest BCUT2D eigenvalue weighted by Gasteiger charge is 2.26. The Morgan fingerprint density at radius 3 is 2.11 bits per heavy atom. The molecule has 110 valence electrons. The molecule has 2 aliphatic rings. The van der Waals surface area contributed by atoms with Crippen molar-refractivity contribution < 1.29 is 4.79 Å². The van der Waals surface area contributed by atoms with Gasteiger partial charge in [-0.3, -0.25) is 4.79 Å². The molecule has 19 heavy (non-hydrogen) atoms. The summed E-state index contributed by atoms with van der Waals surface area (Å²) in [5, 5.41) is 3.77. The maximum absolute atomic E-state index is 11.9. The first kappa shape index (κ1) is 14.8. The molecule has 3 N–H and O–H groups in total. The summed E-state index contributed by atoms with van der Waals surface area (Å²) < 4.78 is 0. The largest absolute Gasteiger partial charge is 0.342 e. The van der Waals surface area contributed by atoms with Crippen molar-refractivity contribution in [2.45, 2.75) is 70.5 Å². The molecular formula is C15H29N3O. The first-order valence-corrected chi connectivity index (χ1v) is 7.86. The zero-order valence-corrected chi connectivity index (χ0v) is 12.4. The van der Waals surface area contributed by atoms with Crippen LogP contribution in [-0.2, 0) is 4.79 Å². The van der Waals surface area contributed by atoms with E-state index in [-0.39, 0.29) is 5.92 Å². The number of nitrogens with two attached hydrogens (primary N) is 1. The molecule has 0 spiro atoms. The standard InChI is InChI=1S/C15H29N3O/c1-11(2)15(19)18-9-7-14(8-10-18)17-13-5-3-12(16)4-6-13/h11-14,17H,3-10,16H2,1-2H3. The summed E-state index contributed by atoms with van der Waals surface area (Å²) in [5.41, 5.74) is 5.94. The first-order chi connectivity index (χ1) is 9.06. The second-order valence-electron chi connectivity index (χ2n) is 6.53. The maximum Gasteiger partial charge on any atom is 0.225 e. The summed E-state index contributed by atoms with van der Waals surface area (Å²) >= 11 is 0. The van der Waals surface area contributed by atoms with Gasteiger partial charge in [0, 0.05) is 37.1 Å². The van der Waals surface area contributed by atoms with Crippen LogP contribution in [0.2, 0.25) is 0 Å². The Balaban J connectivity index is 1.70. The quantitative estimate of drug-likeness (QED) is 0.814. The molecule has 0 unspecified atom stereocenters. The Bertz CT molecular complexity index is 290. The molecule has 1 heterocycles. The summed E-state index contributed by atoms with van der Waals surface area (Å²) in [5.74, 6) is 0.437. The highest BCUT2D eigenvalue weighted by molar-refractivity contribution is 5.78. The highest BCUT2D eigenvalue weighted by Crippen LogP contribution is 2.20. The molecule has 0 aromatic rings. The number of hydrogen-bond acceptors (Lipinski definition) is 3. The maximum atomic E-state index is 11.9. The summed E-state index contributed by atoms with van der Waals surface area (Å²) in [4.78, 5) is 13.9. The minimum Gasteiger partial charge on any atom is -0.342 e. The molecule has 4 nitrogen and oxygen atoms in total. The van der Waals surface area contributed by atoms with Gasteiger partial charge in [0.2, 0.25) is 5.91 Å². The van der Waals surface area contributed by atoms with Gasteiger partial charge in [-0.15, -0.1) is 0 Å². The second-order valence-corrected chi connectivity index (χ2v) is 6.53. The Morgan fingerprint density at radius 2 is 1.58 bits per heavy atom. The lowest BCUT2D eigenvalue weighted by atomic mass is 9.90. The van der Waals surface area contributed by atoms with Crippen LogP contribution in [-0.4, -0.2) is 42.0 Å². The van der Waals surface area contributed by atoms with Gasteiger partial charge in [0.1, 0.15) is 0 Å². The van der Waals surface area contributed by atoms with Crippen molar-refractivity contribution in [2.75, 3.05) is 13.1 Å². The van der Waals surface area contributed by atoms with Crippen molar-refractivity contribution in [3.05, 3.63) is 0 Å². The molecule has 1 aliphatic carbocycles. The Labute approximate surface area is 117 Å². The van der Waals surface area contributed by atoms with E-state index in [2.05, 4.69) is 5.32 Å². The first-order valence-electron chi connectivity index (χ1n) is 7.86. The molecule has 0 radical (unpaired) electrons. The van der Waals surface area contributed by atoms with Gasteiger partial charge in [-0.1, -0.05) is 13.8 Å². The van der Waals surface area contributed by atoms with Crippen LogP contribution < -0.4 is 11.1 Å². The van der Waals surface area contributed by atoms with Gasteiger partial charge in [-0.2, -0.15) is 0 Å². The summed E-state index contributed by atoms with van der Waals surface area (Å²) in [7, 11) is 0. The van der Waals surface area contributed by atoms with Gasteiger partial charge in [0.05, 0.1) is 0 Å². The van der Waals surface area contributed by atoms with E-state index in [0.717, 1.165) is 38.8 Å². The smallest absolute Gasteiger partial charge is 0.225 e. The number of carbonyl (C=O) groups is 1. The molecule has 0 aromatic carbocycles. The molecular weight excluding hydrogens is 238 g/mol. The van der Waals surface area contributed by atoms with Gasteiger partial charge in [-0.25, -0.2) is 0 Å². The number of carbonyl (C=O) groups excluding carboxylic acids is 1. The van der Waals surface area contributed by atoms with E-state index in [1.165, 1.54) is 12.8 Å². The van der Waals surface area contributed by atoms with Crippen LogP contribution in [0.25, 0.3) is 0 Å². The second kappa shape index (κ2) is 6.71. The van der Waals surface area contributed by atoms with Crippen molar-refractivity contribution in [2.24, 2.45) is 11.7 Å². The monoisotopic (exact) mass is 267 g/mol. The van der Waals surface area contributed by atoms with Crippen LogP contribution >= 0.6 is 0 Å². The number of hydrogen-bond donors (Lipinski definition) is 2. The van der Waals surface area contributed by atoms with Crippen LogP contribution in [0.1, 0.15) is 52.4 Å². The van der Waals surface area contributed by atoms with E-state index in [4.69, 9.17) is 5.73 Å². The molecule has 0 bridgehead atoms. The van der Waals surface area contributed by atoms with Crippen molar-refractivity contribution >= 4 is 5.91 Å². The fourth-order valence-electron chi connectivity index (χ4n) is 3.25. The van der Waals surface area contributed by atoms with Crippen LogP contribution in [0.15, 0.2) is 0 Å². The van der Waals surface area contributed by atoms with Crippen LogP contribution in [0.5, 0.6) is 0 Å². The Morgan fingerprint density at radius 1 is 1.05 bits per heavy atom. The van der Waals surface area contributed by atoms with Gasteiger partial charge < -0.3 is 16.0 Å². The molecule has 1 saturated heterocycles. The summed E-state index contributed by atoms with van der Waals surface area (Å²) in [6.45, 7) is 5.80. The zero-order valence-electron chi connectivity index (χ0n) is 12.4. The van der Waals surface area contributed by atoms with Gasteiger partial charge in [-0.05, 0) is 38.5 Å². The van der Waals surface area contributed by atoms with Crippen LogP contribution in [0.3, 0.4) is 0 Å². The van der Waals surface area contributed by atoms with E-state index < -0.39 is 0 Å². The molecule has 1 saturated carbocycles. The molecule has 2 rings (SSSR count). The molecule has 1 amide bonds. The fourth-order valence-corrected chi connectivity index (χ4v) is 3.25. The Hall–Kier alpha value is -0.610. The van der Waals surface area contributed by atoms with E-state index in [0.29, 0.717) is 24.0 Å². The minimum absolute atomic E-state index is 0.129. The lowest BCUT2D eigenvalue weighted by Crippen LogP contribution is -2.49. The lowest BCUT2D eigenvalue weighted by Gasteiger charge is -2.37. The van der Waals surface area contributed by atoms with E-state index in [9.17, 15) is 4.79 Å². The summed E-state index contributed by atoms with van der Waals surface area (Å²) in [6.07, 6.45) is 6.94. The predicted molar refractivity (Wildman–Crippen MR) is 77.8 cm³/mol. The zero-order chi connectivity index (χ0) is 13.8. The minimum atomic E-state index is 0.129. The van der Waals surface area contributed by atoms with E-state index in [1.54, 1.807) is 0 Å². The number of rotatable bonds is 3. The fraction of sp³-hybridized carbons (Fsp3) is 0.933. The van der Waals surface area contributed by atoms with Crippen molar-refractivity contribution in [1.29, 1.82) is 0 Å². The number of nitrogens with one attached hydrogen (secondary N) is 1. The van der Waals surface area contributed by atoms with Gasteiger partial charge >= 0.3 is 0 Å². The molecule has 4 heteroatoms. The third-order valence-corrected chi connectivity index (χ3v) is 4.54. The molecule has 2 fully saturated rings. The average Bonchev–Trinajstić information content (AvgIpc) is 2.41. The van der Waals surface area contributed by atoms with E-state index in [1.807, 2.05) is 18.7 Å².